The van der Waals surface area contributed by atoms with Gasteiger partial charge in [0.05, 0.1) is 33.8 Å². The van der Waals surface area contributed by atoms with Crippen molar-refractivity contribution in [1.29, 1.82) is 0 Å². The van der Waals surface area contributed by atoms with Gasteiger partial charge in [-0.2, -0.15) is 0 Å². The van der Waals surface area contributed by atoms with Gasteiger partial charge < -0.3 is 19.4 Å². The van der Waals surface area contributed by atoms with Gasteiger partial charge in [0, 0.05) is 12.8 Å². The maximum atomic E-state index is 13.4. The van der Waals surface area contributed by atoms with Crippen LogP contribution in [0.4, 0.5) is 0 Å². The zero-order chi connectivity index (χ0) is 48.0. The van der Waals surface area contributed by atoms with Crippen LogP contribution in [0.1, 0.15) is 201 Å². The number of phosphoric ester groups is 1. The minimum atomic E-state index is -4.45. The quantitative estimate of drug-likeness (QED) is 0.0156. The van der Waals surface area contributed by atoms with Crippen molar-refractivity contribution in [2.24, 2.45) is 0 Å². The van der Waals surface area contributed by atoms with Gasteiger partial charge >= 0.3 is 13.8 Å². The van der Waals surface area contributed by atoms with Crippen LogP contribution in [0.25, 0.3) is 0 Å². The molecule has 0 aromatic carbocycles. The third-order valence-electron chi connectivity index (χ3n) is 11.0. The van der Waals surface area contributed by atoms with Crippen molar-refractivity contribution in [3.63, 3.8) is 0 Å². The molecule has 0 saturated heterocycles. The highest BCUT2D eigenvalue weighted by atomic mass is 31.2. The van der Waals surface area contributed by atoms with Crippen molar-refractivity contribution >= 4 is 19.7 Å². The van der Waals surface area contributed by atoms with Crippen molar-refractivity contribution in [3.05, 3.63) is 85.1 Å². The molecule has 0 bridgehead atoms. The summed E-state index contributed by atoms with van der Waals surface area (Å²) in [6.45, 7) is 6.69. The van der Waals surface area contributed by atoms with Crippen molar-refractivity contribution in [2.75, 3.05) is 40.9 Å². The first-order chi connectivity index (χ1) is 31.4. The van der Waals surface area contributed by atoms with Gasteiger partial charge in [0.15, 0.2) is 0 Å². The molecule has 0 saturated carbocycles. The molecular weight excluding hydrogens is 832 g/mol. The average molecular weight is 930 g/mol. The second-order valence-corrected chi connectivity index (χ2v) is 19.9. The summed E-state index contributed by atoms with van der Waals surface area (Å²) >= 11 is 0. The number of hydrogen-bond donors (Lipinski definition) is 2. The minimum Gasteiger partial charge on any atom is -0.456 e. The number of nitrogens with one attached hydrogen (secondary N) is 1. The minimum absolute atomic E-state index is 0.0297. The van der Waals surface area contributed by atoms with E-state index in [0.717, 1.165) is 103 Å². The molecule has 0 radical (unpaired) electrons. The summed E-state index contributed by atoms with van der Waals surface area (Å²) in [7, 11) is 1.46. The standard InChI is InChI=1S/C55H97N2O7P/c1-7-10-13-16-19-22-25-27-28-30-33-36-39-42-45-48-55(59)64-53(46-43-40-37-34-31-24-21-18-15-12-9-3)52(51-63-65(60,61)62-50-49-57(4,5)6)56-54(58)47-44-41-38-35-32-29-26-23-20-17-14-11-8-2/h10-11,13-14,16-17,19-20,22-23,25-26,43,46,52-53H,7-9,12,15,18,21,24,27-42,44-45,47-51H2,1-6H3,(H-,56,58,60,61)/p+1/b13-10+,14-11+,19-16+,20-17+,25-22+,26-23-,46-43+. The summed E-state index contributed by atoms with van der Waals surface area (Å²) < 4.78 is 30.5. The van der Waals surface area contributed by atoms with Gasteiger partial charge in [-0.1, -0.05) is 202 Å². The Morgan fingerprint density at radius 2 is 0.985 bits per heavy atom. The van der Waals surface area contributed by atoms with Crippen molar-refractivity contribution in [3.8, 4) is 0 Å². The highest BCUT2D eigenvalue weighted by Crippen LogP contribution is 2.43. The number of quaternary nitrogens is 1. The number of phosphoric acid groups is 1. The van der Waals surface area contributed by atoms with E-state index in [1.807, 2.05) is 39.4 Å². The van der Waals surface area contributed by atoms with E-state index in [2.05, 4.69) is 92.9 Å². The maximum absolute atomic E-state index is 13.4. The maximum Gasteiger partial charge on any atom is 0.472 e. The average Bonchev–Trinajstić information content (AvgIpc) is 3.26. The molecule has 0 aliphatic carbocycles. The monoisotopic (exact) mass is 930 g/mol. The van der Waals surface area contributed by atoms with E-state index in [1.165, 1.54) is 64.2 Å². The fourth-order valence-electron chi connectivity index (χ4n) is 6.94. The van der Waals surface area contributed by atoms with Crippen LogP contribution in [0.15, 0.2) is 85.1 Å². The molecule has 0 rings (SSSR count). The number of hydrogen-bond acceptors (Lipinski definition) is 6. The van der Waals surface area contributed by atoms with Crippen molar-refractivity contribution in [2.45, 2.75) is 213 Å². The Morgan fingerprint density at radius 1 is 0.554 bits per heavy atom. The molecular formula is C55H98N2O7P+. The van der Waals surface area contributed by atoms with Gasteiger partial charge in [0.1, 0.15) is 19.3 Å². The van der Waals surface area contributed by atoms with Gasteiger partial charge in [-0.25, -0.2) is 4.57 Å². The van der Waals surface area contributed by atoms with Crippen LogP contribution in [0.3, 0.4) is 0 Å². The van der Waals surface area contributed by atoms with E-state index in [1.54, 1.807) is 0 Å². The highest BCUT2D eigenvalue weighted by molar-refractivity contribution is 7.47. The summed E-state index contributed by atoms with van der Waals surface area (Å²) in [6, 6.07) is -0.865. The van der Waals surface area contributed by atoms with Crippen LogP contribution in [0.2, 0.25) is 0 Å². The lowest BCUT2D eigenvalue weighted by molar-refractivity contribution is -0.870. The summed E-state index contributed by atoms with van der Waals surface area (Å²) in [5.41, 5.74) is 0. The van der Waals surface area contributed by atoms with Gasteiger partial charge in [-0.05, 0) is 70.3 Å². The predicted molar refractivity (Wildman–Crippen MR) is 277 cm³/mol. The number of carbonyl (C=O) groups excluding carboxylic acids is 2. The predicted octanol–water partition coefficient (Wildman–Crippen LogP) is 15.1. The normalized spacial score (nSPS) is 14.6. The SMILES string of the molecule is CC/C=C/C=C/C=C\CCCCCCCC(=O)NC(COP(=O)(O)OCC[N+](C)(C)C)C(/C=C/CCCCCCCCCCC)OC(=O)CCCCCCCCC/C=C/C=C/C=C/CC. The zero-order valence-electron chi connectivity index (χ0n) is 42.4. The fourth-order valence-corrected chi connectivity index (χ4v) is 7.67. The third-order valence-corrected chi connectivity index (χ3v) is 11.9. The molecule has 9 nitrogen and oxygen atoms in total. The number of likely N-dealkylation sites (N-methyl/N-ethyl adjacent to an activating group) is 1. The number of nitrogens with zero attached hydrogens (tertiary/aromatic N) is 1. The summed E-state index contributed by atoms with van der Waals surface area (Å²) in [4.78, 5) is 37.4. The number of rotatable bonds is 45. The molecule has 0 aromatic heterocycles. The Morgan fingerprint density at radius 3 is 1.46 bits per heavy atom. The lowest BCUT2D eigenvalue weighted by atomic mass is 10.1. The van der Waals surface area contributed by atoms with Crippen LogP contribution >= 0.6 is 7.82 Å². The topological polar surface area (TPSA) is 111 Å². The molecule has 1 amide bonds. The number of ether oxygens (including phenoxy) is 1. The van der Waals surface area contributed by atoms with E-state index in [0.29, 0.717) is 17.4 Å². The summed E-state index contributed by atoms with van der Waals surface area (Å²) in [5.74, 6) is -0.552. The second-order valence-electron chi connectivity index (χ2n) is 18.4. The number of allylic oxidation sites excluding steroid dienone is 13. The van der Waals surface area contributed by atoms with Crippen LogP contribution in [-0.4, -0.2) is 74.3 Å². The molecule has 374 valence electrons. The van der Waals surface area contributed by atoms with Crippen LogP contribution in [-0.2, 0) is 27.9 Å². The largest absolute Gasteiger partial charge is 0.472 e. The van der Waals surface area contributed by atoms with E-state index >= 15 is 0 Å². The third kappa shape index (κ3) is 46.1. The number of unbranched alkanes of at least 4 members (excludes halogenated alkanes) is 21. The number of carbonyl (C=O) groups is 2. The molecule has 0 heterocycles. The van der Waals surface area contributed by atoms with E-state index < -0.39 is 20.0 Å². The fraction of sp³-hybridized carbons (Fsp3) is 0.709. The second kappa shape index (κ2) is 45.0. The molecule has 0 fully saturated rings. The first-order valence-corrected chi connectivity index (χ1v) is 27.5. The van der Waals surface area contributed by atoms with Crippen LogP contribution < -0.4 is 5.32 Å². The molecule has 3 unspecified atom stereocenters. The van der Waals surface area contributed by atoms with E-state index in [9.17, 15) is 19.0 Å². The molecule has 0 aliphatic heterocycles. The summed E-state index contributed by atoms with van der Waals surface area (Å²) in [5, 5.41) is 3.02. The molecule has 10 heteroatoms. The van der Waals surface area contributed by atoms with Crippen molar-refractivity contribution < 1.29 is 37.3 Å². The lowest BCUT2D eigenvalue weighted by Crippen LogP contribution is -2.47. The Kier molecular flexibility index (Phi) is 43.1. The molecule has 2 N–H and O–H groups in total. The molecule has 0 aliphatic rings. The van der Waals surface area contributed by atoms with Crippen LogP contribution in [0.5, 0.6) is 0 Å². The van der Waals surface area contributed by atoms with E-state index in [4.69, 9.17) is 13.8 Å². The summed E-state index contributed by atoms with van der Waals surface area (Å²) in [6.07, 6.45) is 57.2. The Labute approximate surface area is 399 Å². The van der Waals surface area contributed by atoms with Gasteiger partial charge in [0.2, 0.25) is 5.91 Å². The first kappa shape index (κ1) is 62.2. The zero-order valence-corrected chi connectivity index (χ0v) is 43.3. The van der Waals surface area contributed by atoms with Gasteiger partial charge in [0.25, 0.3) is 0 Å². The molecule has 0 aromatic rings. The Hall–Kier alpha value is -2.81. The van der Waals surface area contributed by atoms with Crippen molar-refractivity contribution in [1.82, 2.24) is 5.32 Å². The smallest absolute Gasteiger partial charge is 0.456 e. The molecule has 65 heavy (non-hydrogen) atoms. The molecule has 0 spiro atoms. The Bertz CT molecular complexity index is 1390. The number of esters is 1. The first-order valence-electron chi connectivity index (χ1n) is 26.0. The van der Waals surface area contributed by atoms with Crippen LogP contribution in [0, 0.1) is 0 Å². The van der Waals surface area contributed by atoms with Gasteiger partial charge in [-0.3, -0.25) is 18.6 Å². The Balaban J connectivity index is 5.46. The highest BCUT2D eigenvalue weighted by Gasteiger charge is 2.30. The molecule has 3 atom stereocenters. The number of amides is 1. The lowest BCUT2D eigenvalue weighted by Gasteiger charge is -2.27. The van der Waals surface area contributed by atoms with Gasteiger partial charge in [-0.15, -0.1) is 0 Å². The van der Waals surface area contributed by atoms with E-state index in [-0.39, 0.29) is 31.5 Å².